The van der Waals surface area contributed by atoms with E-state index >= 15 is 0 Å². The summed E-state index contributed by atoms with van der Waals surface area (Å²) in [6.07, 6.45) is 0. The van der Waals surface area contributed by atoms with Crippen LogP contribution in [-0.2, 0) is 14.6 Å². The summed E-state index contributed by atoms with van der Waals surface area (Å²) in [6.45, 7) is -0.657. The van der Waals surface area contributed by atoms with E-state index in [1.807, 2.05) is 0 Å². The third-order valence-corrected chi connectivity index (χ3v) is 7.13. The van der Waals surface area contributed by atoms with Crippen LogP contribution in [0.1, 0.15) is 10.4 Å². The van der Waals surface area contributed by atoms with Crippen molar-refractivity contribution in [2.75, 3.05) is 24.5 Å². The summed E-state index contributed by atoms with van der Waals surface area (Å²) in [4.78, 5) is 24.4. The molecule has 0 fully saturated rings. The molecule has 4 N–H and O–H groups in total. The number of hydroxylamine groups is 1. The highest BCUT2D eigenvalue weighted by Gasteiger charge is 2.42. The van der Waals surface area contributed by atoms with E-state index in [9.17, 15) is 23.1 Å². The normalized spacial score (nSPS) is 13.9. The number of para-hydroxylation sites is 1. The van der Waals surface area contributed by atoms with Gasteiger partial charge in [0.2, 0.25) is 6.79 Å². The van der Waals surface area contributed by atoms with Gasteiger partial charge >= 0.3 is 0 Å². The molecular formula is C24H22N2O9S. The summed E-state index contributed by atoms with van der Waals surface area (Å²) in [5, 5.41) is 22.4. The third kappa shape index (κ3) is 5.57. The number of nitrogens with one attached hydrogen (secondary N) is 2. The number of sulfone groups is 1. The number of ether oxygens (including phenoxy) is 3. The fourth-order valence-corrected chi connectivity index (χ4v) is 4.94. The molecule has 188 valence electrons. The topological polar surface area (TPSA) is 160 Å². The molecule has 1 unspecified atom stereocenters. The summed E-state index contributed by atoms with van der Waals surface area (Å²) < 4.78 is 41.7. The molecule has 1 aliphatic heterocycles. The largest absolute Gasteiger partial charge is 0.490 e. The predicted molar refractivity (Wildman–Crippen MR) is 126 cm³/mol. The van der Waals surface area contributed by atoms with Crippen LogP contribution >= 0.6 is 0 Å². The van der Waals surface area contributed by atoms with E-state index in [0.717, 1.165) is 0 Å². The summed E-state index contributed by atoms with van der Waals surface area (Å²) in [5.74, 6) is -1.58. The van der Waals surface area contributed by atoms with E-state index in [0.29, 0.717) is 28.5 Å². The van der Waals surface area contributed by atoms with Crippen LogP contribution in [0.2, 0.25) is 0 Å². The highest BCUT2D eigenvalue weighted by Crippen LogP contribution is 2.32. The Morgan fingerprint density at radius 3 is 2.36 bits per heavy atom. The maximum atomic E-state index is 13.0. The van der Waals surface area contributed by atoms with Crippen molar-refractivity contribution in [1.29, 1.82) is 0 Å². The van der Waals surface area contributed by atoms with Crippen molar-refractivity contribution in [1.82, 2.24) is 5.48 Å². The zero-order chi connectivity index (χ0) is 25.8. The number of hydrogen-bond donors (Lipinski definition) is 4. The first-order valence-electron chi connectivity index (χ1n) is 10.6. The van der Waals surface area contributed by atoms with Gasteiger partial charge in [0, 0.05) is 11.3 Å². The molecule has 3 aromatic rings. The molecule has 0 saturated heterocycles. The van der Waals surface area contributed by atoms with Gasteiger partial charge in [-0.2, -0.15) is 0 Å². The van der Waals surface area contributed by atoms with Crippen LogP contribution < -0.4 is 25.0 Å². The fraction of sp³-hybridized carbons (Fsp3) is 0.167. The lowest BCUT2D eigenvalue weighted by molar-refractivity contribution is -0.149. The lowest BCUT2D eigenvalue weighted by atomic mass is 10.1. The monoisotopic (exact) mass is 514 g/mol. The van der Waals surface area contributed by atoms with Gasteiger partial charge in [-0.15, -0.1) is 0 Å². The minimum Gasteiger partial charge on any atom is -0.490 e. The molecule has 1 aliphatic rings. The second-order valence-corrected chi connectivity index (χ2v) is 9.87. The Balaban J connectivity index is 1.45. The highest BCUT2D eigenvalue weighted by atomic mass is 32.2. The fourth-order valence-electron chi connectivity index (χ4n) is 3.38. The Bertz CT molecular complexity index is 1360. The Hall–Kier alpha value is -4.13. The molecule has 36 heavy (non-hydrogen) atoms. The number of benzene rings is 3. The van der Waals surface area contributed by atoms with E-state index in [1.54, 1.807) is 42.5 Å². The Kier molecular flexibility index (Phi) is 7.10. The number of hydrogen-bond acceptors (Lipinski definition) is 9. The van der Waals surface area contributed by atoms with E-state index in [2.05, 4.69) is 5.32 Å². The van der Waals surface area contributed by atoms with Crippen LogP contribution in [0.5, 0.6) is 17.2 Å². The van der Waals surface area contributed by atoms with Gasteiger partial charge in [-0.3, -0.25) is 14.8 Å². The van der Waals surface area contributed by atoms with Crippen molar-refractivity contribution in [3.63, 3.8) is 0 Å². The van der Waals surface area contributed by atoms with Crippen molar-refractivity contribution in [2.24, 2.45) is 0 Å². The second-order valence-electron chi connectivity index (χ2n) is 7.88. The zero-order valence-corrected chi connectivity index (χ0v) is 19.5. The standard InChI is InChI=1S/C24H22N2O9S/c27-22(16-6-11-20-21(12-16)35-15-34-20)25-17-7-9-19(10-8-17)36(31,32)14-24(29,23(28)26-30)13-33-18-4-2-1-3-5-18/h1-12,29-30H,13-15H2,(H,25,27)(H,26,28). The Labute approximate surface area is 206 Å². The minimum atomic E-state index is -4.23. The Morgan fingerprint density at radius 2 is 1.67 bits per heavy atom. The molecule has 0 bridgehead atoms. The number of carbonyl (C=O) groups is 2. The molecule has 1 heterocycles. The van der Waals surface area contributed by atoms with Crippen LogP contribution in [0.15, 0.2) is 77.7 Å². The minimum absolute atomic E-state index is 0.0732. The first-order valence-corrected chi connectivity index (χ1v) is 12.2. The molecule has 3 aromatic carbocycles. The van der Waals surface area contributed by atoms with Gasteiger partial charge in [0.15, 0.2) is 26.9 Å². The number of aliphatic hydroxyl groups is 1. The number of fused-ring (bicyclic) bond motifs is 1. The van der Waals surface area contributed by atoms with Crippen LogP contribution in [0.4, 0.5) is 5.69 Å². The van der Waals surface area contributed by atoms with Gasteiger partial charge in [-0.1, -0.05) is 18.2 Å². The molecule has 0 spiro atoms. The highest BCUT2D eigenvalue weighted by molar-refractivity contribution is 7.91. The maximum Gasteiger partial charge on any atom is 0.279 e. The third-order valence-electron chi connectivity index (χ3n) is 5.28. The smallest absolute Gasteiger partial charge is 0.279 e. The average Bonchev–Trinajstić information content (AvgIpc) is 3.36. The summed E-state index contributed by atoms with van der Waals surface area (Å²) in [6, 6.07) is 18.0. The van der Waals surface area contributed by atoms with Gasteiger partial charge in [-0.25, -0.2) is 13.9 Å². The molecule has 0 aromatic heterocycles. The van der Waals surface area contributed by atoms with Gasteiger partial charge in [0.05, 0.1) is 10.6 Å². The van der Waals surface area contributed by atoms with Crippen molar-refractivity contribution < 1.29 is 42.5 Å². The summed E-state index contributed by atoms with van der Waals surface area (Å²) in [7, 11) is -4.23. The molecule has 12 heteroatoms. The van der Waals surface area contributed by atoms with Crippen molar-refractivity contribution in [3.05, 3.63) is 78.4 Å². The Morgan fingerprint density at radius 1 is 0.972 bits per heavy atom. The number of rotatable bonds is 9. The zero-order valence-electron chi connectivity index (χ0n) is 18.7. The predicted octanol–water partition coefficient (Wildman–Crippen LogP) is 1.76. The van der Waals surface area contributed by atoms with Gasteiger partial charge < -0.3 is 24.6 Å². The van der Waals surface area contributed by atoms with Crippen LogP contribution in [-0.4, -0.2) is 55.3 Å². The van der Waals surface area contributed by atoms with Crippen LogP contribution in [0, 0.1) is 0 Å². The van der Waals surface area contributed by atoms with Gasteiger partial charge in [0.25, 0.3) is 11.8 Å². The van der Waals surface area contributed by atoms with Crippen molar-refractivity contribution in [3.8, 4) is 17.2 Å². The summed E-state index contributed by atoms with van der Waals surface area (Å²) >= 11 is 0. The van der Waals surface area contributed by atoms with Crippen LogP contribution in [0.3, 0.4) is 0 Å². The molecule has 0 aliphatic carbocycles. The first kappa shape index (κ1) is 25.0. The van der Waals surface area contributed by atoms with Crippen molar-refractivity contribution >= 4 is 27.3 Å². The lowest BCUT2D eigenvalue weighted by Crippen LogP contribution is -2.54. The van der Waals surface area contributed by atoms with E-state index in [4.69, 9.17) is 19.4 Å². The van der Waals surface area contributed by atoms with Gasteiger partial charge in [0.1, 0.15) is 12.4 Å². The van der Waals surface area contributed by atoms with E-state index in [1.165, 1.54) is 35.8 Å². The average molecular weight is 515 g/mol. The lowest BCUT2D eigenvalue weighted by Gasteiger charge is -2.25. The molecule has 11 nitrogen and oxygen atoms in total. The van der Waals surface area contributed by atoms with Crippen molar-refractivity contribution in [2.45, 2.75) is 10.5 Å². The molecule has 0 radical (unpaired) electrons. The second kappa shape index (κ2) is 10.2. The SMILES string of the molecule is O=C(Nc1ccc(S(=O)(=O)CC(O)(COc2ccccc2)C(=O)NO)cc1)c1ccc2c(c1)OCO2. The first-order chi connectivity index (χ1) is 17.2. The van der Waals surface area contributed by atoms with E-state index < -0.39 is 39.6 Å². The van der Waals surface area contributed by atoms with E-state index in [-0.39, 0.29) is 11.7 Å². The quantitative estimate of drug-likeness (QED) is 0.246. The molecule has 4 rings (SSSR count). The molecule has 1 atom stereocenters. The summed E-state index contributed by atoms with van der Waals surface area (Å²) in [5.41, 5.74) is -0.681. The van der Waals surface area contributed by atoms with Crippen LogP contribution in [0.25, 0.3) is 0 Å². The molecular weight excluding hydrogens is 492 g/mol. The van der Waals surface area contributed by atoms with Gasteiger partial charge in [-0.05, 0) is 54.6 Å². The number of carbonyl (C=O) groups excluding carboxylic acids is 2. The molecule has 0 saturated carbocycles. The maximum absolute atomic E-state index is 13.0. The molecule has 2 amide bonds. The number of anilines is 1. The number of amides is 2.